The van der Waals surface area contributed by atoms with Gasteiger partial charge in [-0.3, -0.25) is 9.48 Å². The molecular formula is C13H13F6N5O2. The summed E-state index contributed by atoms with van der Waals surface area (Å²) < 4.78 is 79.9. The summed E-state index contributed by atoms with van der Waals surface area (Å²) in [7, 11) is 0. The van der Waals surface area contributed by atoms with Crippen LogP contribution in [0.3, 0.4) is 0 Å². The second-order valence-corrected chi connectivity index (χ2v) is 5.24. The van der Waals surface area contributed by atoms with E-state index < -0.39 is 43.8 Å². The van der Waals surface area contributed by atoms with Gasteiger partial charge < -0.3 is 10.1 Å². The quantitative estimate of drug-likeness (QED) is 0.776. The lowest BCUT2D eigenvalue weighted by molar-refractivity contribution is -0.182. The van der Waals surface area contributed by atoms with E-state index in [-0.39, 0.29) is 11.4 Å². The van der Waals surface area contributed by atoms with Gasteiger partial charge in [-0.25, -0.2) is 4.68 Å². The molecule has 0 saturated heterocycles. The van der Waals surface area contributed by atoms with Crippen molar-refractivity contribution in [3.05, 3.63) is 29.8 Å². The van der Waals surface area contributed by atoms with E-state index in [1.54, 1.807) is 0 Å². The molecule has 13 heteroatoms. The van der Waals surface area contributed by atoms with Gasteiger partial charge >= 0.3 is 12.4 Å². The summed E-state index contributed by atoms with van der Waals surface area (Å²) in [5.41, 5.74) is -0.826. The number of rotatable bonds is 6. The summed E-state index contributed by atoms with van der Waals surface area (Å²) in [5, 5.41) is 9.35. The Morgan fingerprint density at radius 2 is 1.96 bits per heavy atom. The highest BCUT2D eigenvalue weighted by atomic mass is 19.4. The molecule has 0 atom stereocenters. The van der Waals surface area contributed by atoms with Crippen molar-refractivity contribution >= 4 is 11.6 Å². The van der Waals surface area contributed by atoms with Crippen LogP contribution in [-0.4, -0.2) is 38.3 Å². The molecule has 0 bridgehead atoms. The smallest absolute Gasteiger partial charge is 0.350 e. The van der Waals surface area contributed by atoms with Gasteiger partial charge in [0.2, 0.25) is 5.91 Å². The Hall–Kier alpha value is -2.57. The molecule has 2 rings (SSSR count). The highest BCUT2D eigenvalue weighted by Gasteiger charge is 2.34. The number of hydrogen-bond acceptors (Lipinski definition) is 4. The number of anilines is 1. The Morgan fingerprint density at radius 3 is 2.54 bits per heavy atom. The molecule has 0 radical (unpaired) electrons. The minimum atomic E-state index is -4.62. The van der Waals surface area contributed by atoms with Crippen molar-refractivity contribution in [1.82, 2.24) is 19.6 Å². The van der Waals surface area contributed by atoms with Crippen molar-refractivity contribution in [2.24, 2.45) is 0 Å². The van der Waals surface area contributed by atoms with Crippen LogP contribution in [0.25, 0.3) is 0 Å². The Labute approximate surface area is 142 Å². The van der Waals surface area contributed by atoms with E-state index in [9.17, 15) is 31.1 Å². The van der Waals surface area contributed by atoms with Gasteiger partial charge in [0.15, 0.2) is 5.69 Å². The van der Waals surface area contributed by atoms with Crippen LogP contribution in [0.5, 0.6) is 0 Å². The minimum absolute atomic E-state index is 0.142. The van der Waals surface area contributed by atoms with Gasteiger partial charge in [0.05, 0.1) is 18.1 Å². The number of carbonyl (C=O) groups excluding carboxylic acids is 1. The predicted molar refractivity (Wildman–Crippen MR) is 74.8 cm³/mol. The van der Waals surface area contributed by atoms with Crippen LogP contribution in [-0.2, 0) is 29.0 Å². The summed E-state index contributed by atoms with van der Waals surface area (Å²) in [4.78, 5) is 11.9. The van der Waals surface area contributed by atoms with Gasteiger partial charge in [0.1, 0.15) is 19.9 Å². The van der Waals surface area contributed by atoms with Crippen LogP contribution < -0.4 is 5.32 Å². The number of carbonyl (C=O) groups is 1. The fourth-order valence-electron chi connectivity index (χ4n) is 1.90. The molecule has 0 unspecified atom stereocenters. The van der Waals surface area contributed by atoms with Crippen LogP contribution >= 0.6 is 0 Å². The minimum Gasteiger partial charge on any atom is -0.350 e. The largest absolute Gasteiger partial charge is 0.435 e. The standard InChI is InChI=1S/C13H13F6N5O2/c1-8-2-10(13(17,18)19)22-24(8)5-11(25)21-9-3-20-23(4-9)7-26-6-12(14,15)16/h2-4H,5-7H2,1H3,(H,21,25). The van der Waals surface area contributed by atoms with Crippen LogP contribution in [0, 0.1) is 6.92 Å². The molecule has 7 nitrogen and oxygen atoms in total. The SMILES string of the molecule is Cc1cc(C(F)(F)F)nn1CC(=O)Nc1cnn(COCC(F)(F)F)c1. The van der Waals surface area contributed by atoms with E-state index in [0.29, 0.717) is 0 Å². The third-order valence-electron chi connectivity index (χ3n) is 2.97. The Morgan fingerprint density at radius 1 is 1.27 bits per heavy atom. The number of aryl methyl sites for hydroxylation is 1. The summed E-state index contributed by atoms with van der Waals surface area (Å²) in [6, 6.07) is 0.809. The molecule has 2 aromatic rings. The molecule has 26 heavy (non-hydrogen) atoms. The number of halogens is 6. The molecule has 0 aliphatic rings. The number of amides is 1. The molecule has 2 heterocycles. The number of nitrogens with zero attached hydrogens (tertiary/aromatic N) is 4. The van der Waals surface area contributed by atoms with E-state index in [0.717, 1.165) is 21.6 Å². The number of nitrogens with one attached hydrogen (secondary N) is 1. The Kier molecular flexibility index (Phi) is 5.59. The molecular weight excluding hydrogens is 372 g/mol. The molecule has 0 fully saturated rings. The molecule has 0 aliphatic carbocycles. The van der Waals surface area contributed by atoms with Gasteiger partial charge in [-0.05, 0) is 13.0 Å². The maximum atomic E-state index is 12.6. The van der Waals surface area contributed by atoms with Crippen molar-refractivity contribution in [3.8, 4) is 0 Å². The highest BCUT2D eigenvalue weighted by Crippen LogP contribution is 2.28. The molecule has 0 aliphatic heterocycles. The zero-order valence-electron chi connectivity index (χ0n) is 13.2. The van der Waals surface area contributed by atoms with E-state index in [1.165, 1.54) is 13.1 Å². The molecule has 0 aromatic carbocycles. The number of ether oxygens (including phenoxy) is 1. The summed E-state index contributed by atoms with van der Waals surface area (Å²) in [5.74, 6) is -0.680. The fraction of sp³-hybridized carbons (Fsp3) is 0.462. The van der Waals surface area contributed by atoms with Gasteiger partial charge in [0.25, 0.3) is 0 Å². The fourth-order valence-corrected chi connectivity index (χ4v) is 1.90. The molecule has 0 spiro atoms. The number of alkyl halides is 6. The predicted octanol–water partition coefficient (Wildman–Crippen LogP) is 2.58. The van der Waals surface area contributed by atoms with E-state index in [2.05, 4.69) is 20.3 Å². The second-order valence-electron chi connectivity index (χ2n) is 5.24. The summed E-state index contributed by atoms with van der Waals surface area (Å²) >= 11 is 0. The number of hydrogen-bond donors (Lipinski definition) is 1. The third-order valence-corrected chi connectivity index (χ3v) is 2.97. The third kappa shape index (κ3) is 5.75. The average molecular weight is 385 g/mol. The molecule has 0 saturated carbocycles. The molecule has 144 valence electrons. The average Bonchev–Trinajstić information content (AvgIpc) is 3.05. The molecule has 2 aromatic heterocycles. The topological polar surface area (TPSA) is 74.0 Å². The maximum absolute atomic E-state index is 12.6. The highest BCUT2D eigenvalue weighted by molar-refractivity contribution is 5.90. The van der Waals surface area contributed by atoms with Crippen LogP contribution in [0.2, 0.25) is 0 Å². The first-order valence-corrected chi connectivity index (χ1v) is 7.02. The van der Waals surface area contributed by atoms with E-state index in [1.807, 2.05) is 0 Å². The Balaban J connectivity index is 1.90. The first kappa shape index (κ1) is 19.8. The maximum Gasteiger partial charge on any atom is 0.435 e. The van der Waals surface area contributed by atoms with Gasteiger partial charge in [-0.1, -0.05) is 0 Å². The van der Waals surface area contributed by atoms with Crippen molar-refractivity contribution in [1.29, 1.82) is 0 Å². The summed E-state index contributed by atoms with van der Waals surface area (Å²) in [6.45, 7) is -1.04. The van der Waals surface area contributed by atoms with Crippen LogP contribution in [0.4, 0.5) is 32.0 Å². The van der Waals surface area contributed by atoms with Crippen molar-refractivity contribution in [2.75, 3.05) is 11.9 Å². The van der Waals surface area contributed by atoms with Crippen molar-refractivity contribution < 1.29 is 35.9 Å². The van der Waals surface area contributed by atoms with Gasteiger partial charge in [-0.2, -0.15) is 36.5 Å². The monoisotopic (exact) mass is 385 g/mol. The zero-order valence-corrected chi connectivity index (χ0v) is 13.2. The first-order valence-electron chi connectivity index (χ1n) is 7.02. The zero-order chi connectivity index (χ0) is 19.5. The van der Waals surface area contributed by atoms with Crippen molar-refractivity contribution in [3.63, 3.8) is 0 Å². The second kappa shape index (κ2) is 7.35. The van der Waals surface area contributed by atoms with E-state index in [4.69, 9.17) is 0 Å². The Bertz CT molecular complexity index is 764. The van der Waals surface area contributed by atoms with E-state index >= 15 is 0 Å². The van der Waals surface area contributed by atoms with Crippen LogP contribution in [0.1, 0.15) is 11.4 Å². The normalized spacial score (nSPS) is 12.4. The molecule has 1 amide bonds. The van der Waals surface area contributed by atoms with Crippen molar-refractivity contribution in [2.45, 2.75) is 32.6 Å². The van der Waals surface area contributed by atoms with Gasteiger partial charge in [-0.15, -0.1) is 0 Å². The van der Waals surface area contributed by atoms with Gasteiger partial charge in [0, 0.05) is 5.69 Å². The first-order chi connectivity index (χ1) is 11.9. The lowest BCUT2D eigenvalue weighted by Gasteiger charge is -2.07. The lowest BCUT2D eigenvalue weighted by Crippen LogP contribution is -2.20. The summed E-state index contributed by atoms with van der Waals surface area (Å²) in [6.07, 6.45) is -6.72. The molecule has 1 N–H and O–H groups in total. The number of aromatic nitrogens is 4. The lowest BCUT2D eigenvalue weighted by atomic mass is 10.3. The van der Waals surface area contributed by atoms with Crippen LogP contribution in [0.15, 0.2) is 18.5 Å².